The van der Waals surface area contributed by atoms with Crippen molar-refractivity contribution < 1.29 is 23.5 Å². The zero-order valence-electron chi connectivity index (χ0n) is 17.7. The van der Waals surface area contributed by atoms with Gasteiger partial charge in [-0.2, -0.15) is 5.10 Å². The van der Waals surface area contributed by atoms with Crippen molar-refractivity contribution in [1.29, 1.82) is 0 Å². The van der Waals surface area contributed by atoms with E-state index in [2.05, 4.69) is 10.4 Å². The lowest BCUT2D eigenvalue weighted by atomic mass is 10.0. The molecular weight excluding hydrogens is 445 g/mol. The summed E-state index contributed by atoms with van der Waals surface area (Å²) in [7, 11) is 0. The maximum absolute atomic E-state index is 13.3. The Morgan fingerprint density at radius 2 is 2.03 bits per heavy atom. The average molecular weight is 466 g/mol. The summed E-state index contributed by atoms with van der Waals surface area (Å²) in [5, 5.41) is 8.20. The number of aryl methyl sites for hydroxylation is 1. The van der Waals surface area contributed by atoms with Crippen molar-refractivity contribution in [3.63, 3.8) is 0 Å². The Hall–Kier alpha value is -3.72. The number of ether oxygens (including phenoxy) is 2. The van der Waals surface area contributed by atoms with E-state index in [9.17, 15) is 14.0 Å². The molecule has 0 radical (unpaired) electrons. The monoisotopic (exact) mass is 465 g/mol. The van der Waals surface area contributed by atoms with Crippen LogP contribution >= 0.6 is 11.3 Å². The van der Waals surface area contributed by atoms with E-state index in [1.165, 1.54) is 23.5 Å². The molecule has 5 rings (SSSR count). The molecule has 168 valence electrons. The molecule has 1 unspecified atom stereocenters. The van der Waals surface area contributed by atoms with Crippen molar-refractivity contribution in [2.45, 2.75) is 19.4 Å². The number of nitrogens with zero attached hydrogens (tertiary/aromatic N) is 2. The van der Waals surface area contributed by atoms with Crippen LogP contribution in [-0.4, -0.2) is 34.9 Å². The number of fused-ring (bicyclic) bond motifs is 2. The molecule has 3 heterocycles. The molecule has 1 aliphatic rings. The summed E-state index contributed by atoms with van der Waals surface area (Å²) in [6.45, 7) is 1.97. The highest BCUT2D eigenvalue weighted by Crippen LogP contribution is 2.32. The molecule has 7 nitrogen and oxygen atoms in total. The van der Waals surface area contributed by atoms with Gasteiger partial charge in [-0.05, 0) is 43.3 Å². The van der Waals surface area contributed by atoms with Crippen molar-refractivity contribution in [3.8, 4) is 11.4 Å². The summed E-state index contributed by atoms with van der Waals surface area (Å²) in [6.07, 6.45) is 0.645. The Labute approximate surface area is 192 Å². The molecule has 0 bridgehead atoms. The summed E-state index contributed by atoms with van der Waals surface area (Å²) in [5.74, 6) is -0.539. The summed E-state index contributed by atoms with van der Waals surface area (Å²) in [4.78, 5) is 26.2. The fraction of sp³-hybridized carbons (Fsp3) is 0.208. The maximum Gasteiger partial charge on any atom is 0.348 e. The molecule has 33 heavy (non-hydrogen) atoms. The van der Waals surface area contributed by atoms with Crippen molar-refractivity contribution >= 4 is 33.4 Å². The van der Waals surface area contributed by atoms with Gasteiger partial charge in [0.05, 0.1) is 24.0 Å². The van der Waals surface area contributed by atoms with Gasteiger partial charge in [0.15, 0.2) is 6.61 Å². The second kappa shape index (κ2) is 8.67. The van der Waals surface area contributed by atoms with Crippen molar-refractivity contribution in [2.24, 2.45) is 0 Å². The predicted octanol–water partition coefficient (Wildman–Crippen LogP) is 4.33. The van der Waals surface area contributed by atoms with E-state index in [4.69, 9.17) is 9.47 Å². The van der Waals surface area contributed by atoms with Crippen LogP contribution in [0.1, 0.15) is 33.4 Å². The first kappa shape index (κ1) is 21.1. The molecule has 0 saturated carbocycles. The van der Waals surface area contributed by atoms with Crippen molar-refractivity contribution in [2.75, 3.05) is 13.2 Å². The molecular formula is C24H20FN3O4S. The fourth-order valence-electron chi connectivity index (χ4n) is 3.84. The van der Waals surface area contributed by atoms with Crippen LogP contribution in [0.25, 0.3) is 15.9 Å². The normalized spacial score (nSPS) is 15.0. The van der Waals surface area contributed by atoms with Gasteiger partial charge in [-0.25, -0.2) is 13.9 Å². The van der Waals surface area contributed by atoms with Gasteiger partial charge >= 0.3 is 5.97 Å². The molecule has 0 fully saturated rings. The van der Waals surface area contributed by atoms with Gasteiger partial charge in [-0.1, -0.05) is 18.2 Å². The average Bonchev–Trinajstić information content (AvgIpc) is 3.39. The number of para-hydroxylation sites is 1. The highest BCUT2D eigenvalue weighted by atomic mass is 32.1. The number of hydrogen-bond donors (Lipinski definition) is 1. The summed E-state index contributed by atoms with van der Waals surface area (Å²) in [5.41, 5.74) is 2.33. The summed E-state index contributed by atoms with van der Waals surface area (Å²) in [6, 6.07) is 15.0. The Morgan fingerprint density at radius 1 is 1.24 bits per heavy atom. The zero-order valence-corrected chi connectivity index (χ0v) is 18.5. The number of amides is 1. The van der Waals surface area contributed by atoms with Gasteiger partial charge in [0.2, 0.25) is 0 Å². The standard InChI is InChI=1S/C24H20FN3O4S/c1-14-18-12-21(33-23(18)28(27-14)16-8-6-15(25)7-9-16)24(30)32-13-22(29)26-19-10-11-31-20-5-3-2-4-17(19)20/h2-9,12,19H,10-11,13H2,1H3,(H,26,29). The highest BCUT2D eigenvalue weighted by molar-refractivity contribution is 7.20. The number of rotatable bonds is 5. The molecule has 9 heteroatoms. The lowest BCUT2D eigenvalue weighted by molar-refractivity contribution is -0.125. The molecule has 1 aliphatic heterocycles. The van der Waals surface area contributed by atoms with E-state index in [1.54, 1.807) is 22.9 Å². The molecule has 0 saturated heterocycles. The predicted molar refractivity (Wildman–Crippen MR) is 121 cm³/mol. The molecule has 0 aliphatic carbocycles. The number of nitrogens with one attached hydrogen (secondary N) is 1. The summed E-state index contributed by atoms with van der Waals surface area (Å²) < 4.78 is 25.8. The fourth-order valence-corrected chi connectivity index (χ4v) is 4.91. The van der Waals surface area contributed by atoms with Crippen LogP contribution in [-0.2, 0) is 9.53 Å². The second-order valence-corrected chi connectivity index (χ2v) is 8.70. The molecule has 1 N–H and O–H groups in total. The largest absolute Gasteiger partial charge is 0.493 e. The number of hydrogen-bond acceptors (Lipinski definition) is 6. The molecule has 2 aromatic carbocycles. The van der Waals surface area contributed by atoms with E-state index in [1.807, 2.05) is 31.2 Å². The number of esters is 1. The third-order valence-corrected chi connectivity index (χ3v) is 6.54. The third kappa shape index (κ3) is 4.19. The quantitative estimate of drug-likeness (QED) is 0.444. The van der Waals surface area contributed by atoms with Gasteiger partial charge in [-0.3, -0.25) is 4.79 Å². The van der Waals surface area contributed by atoms with Crippen LogP contribution in [0.5, 0.6) is 5.75 Å². The molecule has 1 amide bonds. The van der Waals surface area contributed by atoms with Crippen LogP contribution < -0.4 is 10.1 Å². The van der Waals surface area contributed by atoms with E-state index in [0.29, 0.717) is 23.6 Å². The zero-order chi connectivity index (χ0) is 22.9. The number of carbonyl (C=O) groups excluding carboxylic acids is 2. The Morgan fingerprint density at radius 3 is 2.85 bits per heavy atom. The van der Waals surface area contributed by atoms with Crippen molar-refractivity contribution in [3.05, 3.63) is 76.5 Å². The first-order chi connectivity index (χ1) is 16.0. The number of aromatic nitrogens is 2. The highest BCUT2D eigenvalue weighted by Gasteiger charge is 2.24. The van der Waals surface area contributed by atoms with E-state index < -0.39 is 5.97 Å². The number of benzene rings is 2. The van der Waals surface area contributed by atoms with Gasteiger partial charge in [-0.15, -0.1) is 11.3 Å². The molecule has 4 aromatic rings. The molecule has 2 aromatic heterocycles. The van der Waals surface area contributed by atoms with Crippen LogP contribution in [0, 0.1) is 12.7 Å². The Balaban J connectivity index is 1.27. The lowest BCUT2D eigenvalue weighted by Gasteiger charge is -2.26. The van der Waals surface area contributed by atoms with Gasteiger partial charge < -0.3 is 14.8 Å². The van der Waals surface area contributed by atoms with Crippen LogP contribution in [0.3, 0.4) is 0 Å². The Bertz CT molecular complexity index is 1350. The van der Waals surface area contributed by atoms with Gasteiger partial charge in [0, 0.05) is 17.4 Å². The number of carbonyl (C=O) groups is 2. The van der Waals surface area contributed by atoms with Crippen LogP contribution in [0.2, 0.25) is 0 Å². The molecule has 0 spiro atoms. The number of thiophene rings is 1. The van der Waals surface area contributed by atoms with Crippen LogP contribution in [0.4, 0.5) is 4.39 Å². The van der Waals surface area contributed by atoms with E-state index in [0.717, 1.165) is 27.2 Å². The lowest BCUT2D eigenvalue weighted by Crippen LogP contribution is -2.35. The van der Waals surface area contributed by atoms with E-state index in [-0.39, 0.29) is 24.4 Å². The van der Waals surface area contributed by atoms with Crippen molar-refractivity contribution in [1.82, 2.24) is 15.1 Å². The minimum Gasteiger partial charge on any atom is -0.493 e. The topological polar surface area (TPSA) is 82.5 Å². The number of halogens is 1. The third-order valence-electron chi connectivity index (χ3n) is 5.45. The van der Waals surface area contributed by atoms with E-state index >= 15 is 0 Å². The van der Waals surface area contributed by atoms with Gasteiger partial charge in [0.1, 0.15) is 21.3 Å². The second-order valence-electron chi connectivity index (χ2n) is 7.67. The first-order valence-corrected chi connectivity index (χ1v) is 11.2. The summed E-state index contributed by atoms with van der Waals surface area (Å²) >= 11 is 1.21. The minimum absolute atomic E-state index is 0.185. The Kier molecular flexibility index (Phi) is 5.55. The molecule has 1 atom stereocenters. The SMILES string of the molecule is Cc1nn(-c2ccc(F)cc2)c2sc(C(=O)OCC(=O)NC3CCOc4ccccc43)cc12. The minimum atomic E-state index is -0.580. The smallest absolute Gasteiger partial charge is 0.348 e. The maximum atomic E-state index is 13.3. The first-order valence-electron chi connectivity index (χ1n) is 10.4. The van der Waals surface area contributed by atoms with Crippen LogP contribution in [0.15, 0.2) is 54.6 Å². The van der Waals surface area contributed by atoms with Gasteiger partial charge in [0.25, 0.3) is 5.91 Å².